The third-order valence-corrected chi connectivity index (χ3v) is 4.64. The van der Waals surface area contributed by atoms with Gasteiger partial charge in [0.1, 0.15) is 6.54 Å². The van der Waals surface area contributed by atoms with Gasteiger partial charge in [0.25, 0.3) is 0 Å². The smallest absolute Gasteiger partial charge is 0.242 e. The summed E-state index contributed by atoms with van der Waals surface area (Å²) in [5.41, 5.74) is 9.87. The number of benzene rings is 1. The summed E-state index contributed by atoms with van der Waals surface area (Å²) in [4.78, 5) is 12.2. The van der Waals surface area contributed by atoms with Gasteiger partial charge < -0.3 is 11.1 Å². The Morgan fingerprint density at radius 2 is 2.18 bits per heavy atom. The van der Waals surface area contributed by atoms with Gasteiger partial charge in [-0.15, -0.1) is 0 Å². The standard InChI is InChI=1S/C17H20N4O/c18-17-14-4-2-1-3-12(14)7-15(17)20-16(22)10-21-9-13(8-19-21)11-5-6-11/h1-4,8-9,11,15,17H,5-7,10,18H2,(H,20,22)/t15-,17-/m1/s1. The molecule has 4 rings (SSSR count). The Morgan fingerprint density at radius 1 is 1.36 bits per heavy atom. The molecule has 1 saturated carbocycles. The van der Waals surface area contributed by atoms with Gasteiger partial charge >= 0.3 is 0 Å². The summed E-state index contributed by atoms with van der Waals surface area (Å²) in [6.45, 7) is 0.256. The van der Waals surface area contributed by atoms with Crippen molar-refractivity contribution in [3.63, 3.8) is 0 Å². The molecule has 22 heavy (non-hydrogen) atoms. The van der Waals surface area contributed by atoms with Crippen LogP contribution >= 0.6 is 0 Å². The number of nitrogens with two attached hydrogens (primary N) is 1. The van der Waals surface area contributed by atoms with Crippen molar-refractivity contribution in [3.05, 3.63) is 53.3 Å². The van der Waals surface area contributed by atoms with Crippen LogP contribution in [-0.2, 0) is 17.8 Å². The predicted octanol–water partition coefficient (Wildman–Crippen LogP) is 1.50. The third kappa shape index (κ3) is 2.52. The first-order valence-corrected chi connectivity index (χ1v) is 7.86. The number of carbonyl (C=O) groups excluding carboxylic acids is 1. The second kappa shape index (κ2) is 5.25. The molecule has 5 nitrogen and oxygen atoms in total. The SMILES string of the molecule is N[C@@H]1c2ccccc2C[C@H]1NC(=O)Cn1cc(C2CC2)cn1. The predicted molar refractivity (Wildman–Crippen MR) is 83.2 cm³/mol. The summed E-state index contributed by atoms with van der Waals surface area (Å²) in [5.74, 6) is 0.633. The van der Waals surface area contributed by atoms with E-state index < -0.39 is 0 Å². The molecule has 5 heteroatoms. The summed E-state index contributed by atoms with van der Waals surface area (Å²) in [7, 11) is 0. The van der Waals surface area contributed by atoms with Gasteiger partial charge in [-0.3, -0.25) is 9.48 Å². The summed E-state index contributed by atoms with van der Waals surface area (Å²) < 4.78 is 1.72. The molecular weight excluding hydrogens is 276 g/mol. The molecule has 114 valence electrons. The lowest BCUT2D eigenvalue weighted by molar-refractivity contribution is -0.122. The van der Waals surface area contributed by atoms with Crippen LogP contribution in [0.5, 0.6) is 0 Å². The lowest BCUT2D eigenvalue weighted by Crippen LogP contribution is -2.42. The van der Waals surface area contributed by atoms with Crippen molar-refractivity contribution in [2.45, 2.75) is 43.8 Å². The fourth-order valence-corrected chi connectivity index (χ4v) is 3.26. The van der Waals surface area contributed by atoms with Gasteiger partial charge in [-0.05, 0) is 41.9 Å². The maximum Gasteiger partial charge on any atom is 0.242 e. The normalized spacial score (nSPS) is 23.3. The summed E-state index contributed by atoms with van der Waals surface area (Å²) >= 11 is 0. The first-order chi connectivity index (χ1) is 10.7. The van der Waals surface area contributed by atoms with Crippen molar-refractivity contribution >= 4 is 5.91 Å². The zero-order chi connectivity index (χ0) is 15.1. The first kappa shape index (κ1) is 13.5. The summed E-state index contributed by atoms with van der Waals surface area (Å²) in [6.07, 6.45) is 7.15. The van der Waals surface area contributed by atoms with E-state index in [1.807, 2.05) is 30.6 Å². The summed E-state index contributed by atoms with van der Waals surface area (Å²) in [6, 6.07) is 7.98. The molecule has 2 aromatic rings. The molecule has 3 N–H and O–H groups in total. The topological polar surface area (TPSA) is 72.9 Å². The van der Waals surface area contributed by atoms with Crippen LogP contribution in [0.3, 0.4) is 0 Å². The zero-order valence-electron chi connectivity index (χ0n) is 12.4. The minimum Gasteiger partial charge on any atom is -0.350 e. The Bertz CT molecular complexity index is 704. The molecule has 2 atom stereocenters. The van der Waals surface area contributed by atoms with Crippen molar-refractivity contribution in [2.24, 2.45) is 5.73 Å². The molecule has 0 unspecified atom stereocenters. The average molecular weight is 296 g/mol. The number of nitrogens with one attached hydrogen (secondary N) is 1. The minimum atomic E-state index is -0.125. The second-order valence-corrected chi connectivity index (χ2v) is 6.35. The third-order valence-electron chi connectivity index (χ3n) is 4.64. The molecule has 2 aliphatic rings. The molecule has 1 amide bonds. The van der Waals surface area contributed by atoms with Crippen LogP contribution in [0.2, 0.25) is 0 Å². The quantitative estimate of drug-likeness (QED) is 0.898. The number of hydrogen-bond acceptors (Lipinski definition) is 3. The van der Waals surface area contributed by atoms with Crippen molar-refractivity contribution < 1.29 is 4.79 Å². The van der Waals surface area contributed by atoms with E-state index in [0.717, 1.165) is 12.0 Å². The van der Waals surface area contributed by atoms with Crippen LogP contribution < -0.4 is 11.1 Å². The van der Waals surface area contributed by atoms with Gasteiger partial charge in [0.05, 0.1) is 18.3 Å². The van der Waals surface area contributed by atoms with Crippen molar-refractivity contribution in [1.29, 1.82) is 0 Å². The van der Waals surface area contributed by atoms with E-state index in [4.69, 9.17) is 5.73 Å². The number of aromatic nitrogens is 2. The van der Waals surface area contributed by atoms with E-state index in [-0.39, 0.29) is 24.5 Å². The molecule has 0 saturated heterocycles. The molecule has 1 heterocycles. The van der Waals surface area contributed by atoms with Crippen molar-refractivity contribution in [2.75, 3.05) is 0 Å². The van der Waals surface area contributed by atoms with Gasteiger partial charge in [-0.1, -0.05) is 24.3 Å². The van der Waals surface area contributed by atoms with Crippen molar-refractivity contribution in [3.8, 4) is 0 Å². The minimum absolute atomic E-state index is 0.0247. The van der Waals surface area contributed by atoms with E-state index in [9.17, 15) is 4.79 Å². The molecule has 0 spiro atoms. The van der Waals surface area contributed by atoms with Gasteiger partial charge in [-0.2, -0.15) is 5.10 Å². The highest BCUT2D eigenvalue weighted by Crippen LogP contribution is 2.39. The second-order valence-electron chi connectivity index (χ2n) is 6.35. The molecule has 0 bridgehead atoms. The molecule has 0 aliphatic heterocycles. The van der Waals surface area contributed by atoms with E-state index in [0.29, 0.717) is 5.92 Å². The fourth-order valence-electron chi connectivity index (χ4n) is 3.26. The Hall–Kier alpha value is -2.14. The van der Waals surface area contributed by atoms with Crippen LogP contribution in [0.15, 0.2) is 36.7 Å². The number of hydrogen-bond donors (Lipinski definition) is 2. The van der Waals surface area contributed by atoms with Gasteiger partial charge in [0.2, 0.25) is 5.91 Å². The molecule has 2 aliphatic carbocycles. The maximum atomic E-state index is 12.2. The lowest BCUT2D eigenvalue weighted by atomic mass is 10.1. The van der Waals surface area contributed by atoms with Crippen LogP contribution in [0.4, 0.5) is 0 Å². The molecule has 1 aromatic heterocycles. The van der Waals surface area contributed by atoms with Gasteiger partial charge in [0.15, 0.2) is 0 Å². The number of rotatable bonds is 4. The van der Waals surface area contributed by atoms with Crippen LogP contribution in [0.1, 0.15) is 41.5 Å². The highest BCUT2D eigenvalue weighted by atomic mass is 16.2. The zero-order valence-corrected chi connectivity index (χ0v) is 12.4. The first-order valence-electron chi connectivity index (χ1n) is 7.86. The highest BCUT2D eigenvalue weighted by molar-refractivity contribution is 5.76. The largest absolute Gasteiger partial charge is 0.350 e. The van der Waals surface area contributed by atoms with Crippen LogP contribution in [0, 0.1) is 0 Å². The van der Waals surface area contributed by atoms with E-state index in [1.165, 1.54) is 24.0 Å². The molecule has 0 radical (unpaired) electrons. The fraction of sp³-hybridized carbons (Fsp3) is 0.412. The van der Waals surface area contributed by atoms with Gasteiger partial charge in [-0.25, -0.2) is 0 Å². The Labute approximate surface area is 129 Å². The Kier molecular flexibility index (Phi) is 3.22. The average Bonchev–Trinajstić information content (AvgIpc) is 3.19. The molecular formula is C17H20N4O. The van der Waals surface area contributed by atoms with Crippen LogP contribution in [-0.4, -0.2) is 21.7 Å². The highest BCUT2D eigenvalue weighted by Gasteiger charge is 2.30. The lowest BCUT2D eigenvalue weighted by Gasteiger charge is -2.17. The van der Waals surface area contributed by atoms with E-state index >= 15 is 0 Å². The van der Waals surface area contributed by atoms with Gasteiger partial charge in [0, 0.05) is 6.20 Å². The summed E-state index contributed by atoms with van der Waals surface area (Å²) in [5, 5.41) is 7.33. The number of fused-ring (bicyclic) bond motifs is 1. The maximum absolute atomic E-state index is 12.2. The Balaban J connectivity index is 1.38. The van der Waals surface area contributed by atoms with E-state index in [2.05, 4.69) is 16.5 Å². The van der Waals surface area contributed by atoms with E-state index in [1.54, 1.807) is 4.68 Å². The number of nitrogens with zero attached hydrogens (tertiary/aromatic N) is 2. The monoisotopic (exact) mass is 296 g/mol. The Morgan fingerprint density at radius 3 is 2.95 bits per heavy atom. The molecule has 1 aromatic carbocycles. The van der Waals surface area contributed by atoms with Crippen LogP contribution in [0.25, 0.3) is 0 Å². The van der Waals surface area contributed by atoms with Crippen molar-refractivity contribution in [1.82, 2.24) is 15.1 Å². The number of amides is 1. The molecule has 1 fully saturated rings. The number of carbonyl (C=O) groups is 1.